The van der Waals surface area contributed by atoms with Crippen molar-refractivity contribution in [2.75, 3.05) is 13.2 Å². The van der Waals surface area contributed by atoms with Gasteiger partial charge in [0.15, 0.2) is 0 Å². The Labute approximate surface area is 125 Å². The van der Waals surface area contributed by atoms with Gasteiger partial charge in [0.05, 0.1) is 6.61 Å². The fourth-order valence-electron chi connectivity index (χ4n) is 1.74. The standard InChI is InChI=1S/C13H24F4O3S/c1-2-3-4-5-6-7-8-10-20-11-9-12(14,15)13(16,17)21(18)19/h2-11H2,1H3,(H,18,19). The maximum Gasteiger partial charge on any atom is 0.406 e. The zero-order valence-corrected chi connectivity index (χ0v) is 13.1. The SMILES string of the molecule is CCCCCCCCCOCCC(F)(F)C(F)(F)S(=O)O. The number of ether oxygens (including phenoxy) is 1. The van der Waals surface area contributed by atoms with Crippen LogP contribution in [0.1, 0.15) is 58.3 Å². The average Bonchev–Trinajstić information content (AvgIpc) is 2.40. The normalized spacial score (nSPS) is 14.4. The van der Waals surface area contributed by atoms with E-state index in [4.69, 9.17) is 9.29 Å². The lowest BCUT2D eigenvalue weighted by atomic mass is 10.1. The van der Waals surface area contributed by atoms with Crippen LogP contribution in [-0.2, 0) is 15.8 Å². The highest BCUT2D eigenvalue weighted by atomic mass is 32.2. The second kappa shape index (κ2) is 10.5. The Morgan fingerprint density at radius 2 is 1.48 bits per heavy atom. The van der Waals surface area contributed by atoms with Gasteiger partial charge in [0.2, 0.25) is 11.1 Å². The third kappa shape index (κ3) is 8.11. The summed E-state index contributed by atoms with van der Waals surface area (Å²) < 4.78 is 74.8. The minimum Gasteiger partial charge on any atom is -0.381 e. The minimum absolute atomic E-state index is 0.234. The van der Waals surface area contributed by atoms with Gasteiger partial charge in [0, 0.05) is 13.0 Å². The van der Waals surface area contributed by atoms with Crippen LogP contribution in [0.5, 0.6) is 0 Å². The first-order valence-corrected chi connectivity index (χ1v) is 8.30. The quantitative estimate of drug-likeness (QED) is 0.304. The lowest BCUT2D eigenvalue weighted by molar-refractivity contribution is -0.168. The predicted molar refractivity (Wildman–Crippen MR) is 74.1 cm³/mol. The summed E-state index contributed by atoms with van der Waals surface area (Å²) in [6, 6.07) is 0. The van der Waals surface area contributed by atoms with Crippen molar-refractivity contribution in [2.45, 2.75) is 69.5 Å². The van der Waals surface area contributed by atoms with Crippen molar-refractivity contribution in [1.29, 1.82) is 0 Å². The van der Waals surface area contributed by atoms with Crippen molar-refractivity contribution >= 4 is 11.1 Å². The van der Waals surface area contributed by atoms with Crippen LogP contribution in [0, 0.1) is 0 Å². The molecule has 0 heterocycles. The molecule has 0 amide bonds. The second-order valence-electron chi connectivity index (χ2n) is 4.95. The maximum atomic E-state index is 13.0. The van der Waals surface area contributed by atoms with Crippen molar-refractivity contribution in [3.63, 3.8) is 0 Å². The van der Waals surface area contributed by atoms with Gasteiger partial charge in [0.25, 0.3) is 0 Å². The molecule has 3 nitrogen and oxygen atoms in total. The van der Waals surface area contributed by atoms with E-state index in [1.165, 1.54) is 19.3 Å². The Morgan fingerprint density at radius 1 is 0.952 bits per heavy atom. The van der Waals surface area contributed by atoms with Gasteiger partial charge in [-0.1, -0.05) is 45.4 Å². The predicted octanol–water partition coefficient (Wildman–Crippen LogP) is 4.59. The molecule has 0 saturated carbocycles. The molecule has 1 N–H and O–H groups in total. The zero-order valence-electron chi connectivity index (χ0n) is 12.3. The largest absolute Gasteiger partial charge is 0.406 e. The molecule has 0 saturated heterocycles. The molecule has 21 heavy (non-hydrogen) atoms. The summed E-state index contributed by atoms with van der Waals surface area (Å²) in [5, 5.41) is -4.95. The van der Waals surface area contributed by atoms with Crippen LogP contribution in [0.25, 0.3) is 0 Å². The molecule has 0 fully saturated rings. The van der Waals surface area contributed by atoms with Crippen LogP contribution in [0.4, 0.5) is 17.6 Å². The molecule has 0 aromatic rings. The summed E-state index contributed by atoms with van der Waals surface area (Å²) in [6.45, 7) is 1.80. The van der Waals surface area contributed by atoms with E-state index in [-0.39, 0.29) is 6.61 Å². The van der Waals surface area contributed by atoms with Crippen molar-refractivity contribution < 1.29 is 31.1 Å². The highest BCUT2D eigenvalue weighted by Gasteiger charge is 2.60. The molecular formula is C13H24F4O3S. The van der Waals surface area contributed by atoms with E-state index in [1.807, 2.05) is 0 Å². The summed E-state index contributed by atoms with van der Waals surface area (Å²) in [5.41, 5.74) is 0. The Kier molecular flexibility index (Phi) is 10.4. The topological polar surface area (TPSA) is 46.5 Å². The molecule has 1 atom stereocenters. The smallest absolute Gasteiger partial charge is 0.381 e. The first-order chi connectivity index (χ1) is 9.75. The number of hydrogen-bond acceptors (Lipinski definition) is 2. The lowest BCUT2D eigenvalue weighted by Crippen LogP contribution is -2.44. The van der Waals surface area contributed by atoms with Crippen LogP contribution in [0.15, 0.2) is 0 Å². The molecule has 0 bridgehead atoms. The summed E-state index contributed by atoms with van der Waals surface area (Å²) in [7, 11) is 0. The lowest BCUT2D eigenvalue weighted by Gasteiger charge is -2.23. The Balaban J connectivity index is 3.65. The Bertz CT molecular complexity index is 301. The second-order valence-corrected chi connectivity index (χ2v) is 5.97. The van der Waals surface area contributed by atoms with E-state index in [0.717, 1.165) is 19.3 Å². The van der Waals surface area contributed by atoms with E-state index < -0.39 is 35.3 Å². The molecule has 8 heteroatoms. The van der Waals surface area contributed by atoms with E-state index in [9.17, 15) is 21.8 Å². The third-order valence-corrected chi connectivity index (χ3v) is 3.83. The van der Waals surface area contributed by atoms with Gasteiger partial charge < -0.3 is 9.29 Å². The number of unbranched alkanes of at least 4 members (excludes halogenated alkanes) is 6. The first-order valence-electron chi connectivity index (χ1n) is 7.20. The molecule has 0 aromatic carbocycles. The van der Waals surface area contributed by atoms with Crippen LogP contribution >= 0.6 is 0 Å². The van der Waals surface area contributed by atoms with Crippen molar-refractivity contribution in [2.24, 2.45) is 0 Å². The molecular weight excluding hydrogens is 312 g/mol. The van der Waals surface area contributed by atoms with Crippen LogP contribution < -0.4 is 0 Å². The highest BCUT2D eigenvalue weighted by molar-refractivity contribution is 7.80. The van der Waals surface area contributed by atoms with E-state index in [1.54, 1.807) is 0 Å². The van der Waals surface area contributed by atoms with Crippen LogP contribution in [-0.4, -0.2) is 33.2 Å². The number of alkyl halides is 4. The van der Waals surface area contributed by atoms with Crippen molar-refractivity contribution in [3.8, 4) is 0 Å². The fraction of sp³-hybridized carbons (Fsp3) is 1.00. The number of halogens is 4. The van der Waals surface area contributed by atoms with Gasteiger partial charge in [-0.25, -0.2) is 4.21 Å². The fourth-order valence-corrected chi connectivity index (χ4v) is 2.09. The molecule has 0 rings (SSSR count). The molecule has 0 aromatic heterocycles. The Morgan fingerprint density at radius 3 is 2.00 bits per heavy atom. The van der Waals surface area contributed by atoms with Gasteiger partial charge in [0.1, 0.15) is 0 Å². The van der Waals surface area contributed by atoms with Crippen LogP contribution in [0.3, 0.4) is 0 Å². The molecule has 0 radical (unpaired) electrons. The van der Waals surface area contributed by atoms with Gasteiger partial charge in [-0.3, -0.25) is 0 Å². The van der Waals surface area contributed by atoms with Crippen molar-refractivity contribution in [3.05, 3.63) is 0 Å². The first kappa shape index (κ1) is 20.8. The minimum atomic E-state index is -4.95. The Hall–Kier alpha value is -0.210. The molecule has 0 spiro atoms. The monoisotopic (exact) mass is 336 g/mol. The molecule has 0 aliphatic rings. The van der Waals surface area contributed by atoms with E-state index in [2.05, 4.69) is 6.92 Å². The van der Waals surface area contributed by atoms with E-state index in [0.29, 0.717) is 6.42 Å². The van der Waals surface area contributed by atoms with Crippen molar-refractivity contribution in [1.82, 2.24) is 0 Å². The summed E-state index contributed by atoms with van der Waals surface area (Å²) in [6.07, 6.45) is 6.05. The molecule has 128 valence electrons. The summed E-state index contributed by atoms with van der Waals surface area (Å²) in [5.74, 6) is -4.55. The van der Waals surface area contributed by atoms with Gasteiger partial charge >= 0.3 is 11.2 Å². The summed E-state index contributed by atoms with van der Waals surface area (Å²) in [4.78, 5) is 0. The molecule has 0 aliphatic carbocycles. The zero-order chi connectivity index (χ0) is 16.4. The summed E-state index contributed by atoms with van der Waals surface area (Å²) >= 11 is -3.90. The number of rotatable bonds is 13. The molecule has 0 aliphatic heterocycles. The number of hydrogen-bond donors (Lipinski definition) is 1. The average molecular weight is 336 g/mol. The van der Waals surface area contributed by atoms with E-state index >= 15 is 0 Å². The highest BCUT2D eigenvalue weighted by Crippen LogP contribution is 2.38. The van der Waals surface area contributed by atoms with Gasteiger partial charge in [-0.05, 0) is 6.42 Å². The van der Waals surface area contributed by atoms with Crippen LogP contribution in [0.2, 0.25) is 0 Å². The third-order valence-electron chi connectivity index (χ3n) is 3.10. The maximum absolute atomic E-state index is 13.0. The van der Waals surface area contributed by atoms with Gasteiger partial charge in [-0.15, -0.1) is 0 Å². The molecule has 1 unspecified atom stereocenters. The van der Waals surface area contributed by atoms with Gasteiger partial charge in [-0.2, -0.15) is 17.6 Å².